The van der Waals surface area contributed by atoms with E-state index >= 15 is 0 Å². The van der Waals surface area contributed by atoms with Crippen LogP contribution in [0.25, 0.3) is 0 Å². The van der Waals surface area contributed by atoms with Crippen molar-refractivity contribution in [3.63, 3.8) is 0 Å². The van der Waals surface area contributed by atoms with Gasteiger partial charge in [0.05, 0.1) is 105 Å². The Kier molecular flexibility index (Phi) is 51.5. The Morgan fingerprint density at radius 2 is 0.492 bits per heavy atom. The van der Waals surface area contributed by atoms with Gasteiger partial charge in [-0.1, -0.05) is 155 Å². The molecule has 0 amide bonds. The van der Waals surface area contributed by atoms with Crippen LogP contribution in [0.2, 0.25) is 0 Å². The minimum Gasteiger partial charge on any atom is -0.508 e. The van der Waals surface area contributed by atoms with E-state index in [9.17, 15) is 66.4 Å². The van der Waals surface area contributed by atoms with Gasteiger partial charge in [-0.05, 0) is 417 Å². The van der Waals surface area contributed by atoms with Crippen molar-refractivity contribution in [1.82, 2.24) is 0 Å². The molecule has 20 nitrogen and oxygen atoms in total. The van der Waals surface area contributed by atoms with Gasteiger partial charge in [-0.3, -0.25) is 0 Å². The van der Waals surface area contributed by atoms with Crippen molar-refractivity contribution in [3.8, 4) is 11.5 Å². The van der Waals surface area contributed by atoms with Crippen LogP contribution >= 0.6 is 0 Å². The summed E-state index contributed by atoms with van der Waals surface area (Å²) in [6, 6.07) is 29.3. The molecular formula is C112H192O20. The first kappa shape index (κ1) is 118. The number of fused-ring (bicyclic) bond motifs is 1. The minimum atomic E-state index is -0.821. The summed E-state index contributed by atoms with van der Waals surface area (Å²) in [4.78, 5) is 0. The summed E-state index contributed by atoms with van der Waals surface area (Å²) in [5.41, 5.74) is 5.66. The lowest BCUT2D eigenvalue weighted by molar-refractivity contribution is -0.0718. The van der Waals surface area contributed by atoms with Gasteiger partial charge in [0.2, 0.25) is 0 Å². The second-order valence-electron chi connectivity index (χ2n) is 44.2. The van der Waals surface area contributed by atoms with E-state index in [1.54, 1.807) is 52.0 Å². The fourth-order valence-corrected chi connectivity index (χ4v) is 24.9. The normalized spacial score (nSPS) is 30.7. The Morgan fingerprint density at radius 3 is 0.735 bits per heavy atom. The lowest BCUT2D eigenvalue weighted by atomic mass is 9.50. The standard InChI is InChI=1S/C29H52O3.C18H32O2.C15H28O2.C15H16O2.C12H18O2.C10H12O2.C6H12O2.C4H10O3.CH4O2.2CH4/c1-28(2,21-8-14-25(30)15-9-21)20-4-6-22(7-5-20)29(3,23-10-16-26(31)17-11-23)24-12-18-27(32)19-13-24;19-16-8-4-14(5-9-16)18(12-2-1-3-13-18)15-6-10-17(20)11-7-15;2*1-15(2,11-3-7-13(16)8-4-11)12-5-9-14(17)10-6-12;1-11(2,13)9-5-7-10(8-6-9)12(3,4)14;11-9-5-6-10(12)8-4-2-1-3-7(8)9;7-5-1-2-6(8)4-3-5;5-1-3-7-4-2-6;2-1-3;;/h20-27,30-32H,4-19H2,1-3H3;14-17,19-20H,1-13H2;11-14,16-17H,3-10H2,1-2H3;3-10,16-17H,1-2H3;5-8,13-14H,1-4H3;1-4,9-12H,5-6H2;5-8H,1-4H2;5-6H,1-4H2;2-3H,1H2;2*1H4. The molecule has 15 rings (SSSR count). The Balaban J connectivity index is 0.000000275. The summed E-state index contributed by atoms with van der Waals surface area (Å²) in [5.74, 6) is 7.70. The topological polar surface area (TPSA) is 394 Å². The zero-order chi connectivity index (χ0) is 95.6. The lowest BCUT2D eigenvalue weighted by Crippen LogP contribution is -2.47. The molecular weight excluding hydrogens is 1670 g/mol. The van der Waals surface area contributed by atoms with Gasteiger partial charge < -0.3 is 102 Å². The van der Waals surface area contributed by atoms with Crippen LogP contribution < -0.4 is 0 Å². The number of rotatable bonds is 17. The average molecular weight is 1860 g/mol. The summed E-state index contributed by atoms with van der Waals surface area (Å²) < 4.78 is 4.63. The molecule has 11 aliphatic carbocycles. The number of phenols is 2. The molecule has 2 unspecified atom stereocenters. The third-order valence-electron chi connectivity index (χ3n) is 33.9. The molecule has 19 N–H and O–H groups in total. The maximum Gasteiger partial charge on any atom is 0.140 e. The monoisotopic (exact) mass is 1860 g/mol. The van der Waals surface area contributed by atoms with Gasteiger partial charge in [-0.25, -0.2) is 0 Å². The minimum absolute atomic E-state index is 0. The Hall–Kier alpha value is -4.24. The molecule has 10 saturated carbocycles. The number of aliphatic hydroxyl groups is 17. The number of benzene rings is 4. The van der Waals surface area contributed by atoms with Gasteiger partial charge in [-0.15, -0.1) is 0 Å². The van der Waals surface area contributed by atoms with Crippen LogP contribution in [-0.2, 0) is 21.4 Å². The van der Waals surface area contributed by atoms with Crippen LogP contribution in [-0.4, -0.2) is 185 Å². The maximum absolute atomic E-state index is 10.2. The molecule has 0 aliphatic heterocycles. The van der Waals surface area contributed by atoms with E-state index in [0.29, 0.717) is 47.7 Å². The molecule has 0 saturated heterocycles. The van der Waals surface area contributed by atoms with E-state index < -0.39 is 18.0 Å². The molecule has 4 aromatic rings. The van der Waals surface area contributed by atoms with E-state index in [4.69, 9.17) is 30.6 Å². The molecule has 2 atom stereocenters. The summed E-state index contributed by atoms with van der Waals surface area (Å²) in [6.07, 6.45) is 46.7. The lowest BCUT2D eigenvalue weighted by Gasteiger charge is -2.55. The molecule has 11 aliphatic rings. The van der Waals surface area contributed by atoms with Crippen LogP contribution in [0.1, 0.15) is 413 Å². The number of ether oxygens (including phenoxy) is 1. The predicted octanol–water partition coefficient (Wildman–Crippen LogP) is 20.2. The second kappa shape index (κ2) is 57.5. The first-order valence-corrected chi connectivity index (χ1v) is 51.3. The summed E-state index contributed by atoms with van der Waals surface area (Å²) in [7, 11) is 0. The average Bonchev–Trinajstić information content (AvgIpc) is 0.756. The molecule has 0 radical (unpaired) electrons. The molecule has 10 fully saturated rings. The highest BCUT2D eigenvalue weighted by Gasteiger charge is 2.52. The summed E-state index contributed by atoms with van der Waals surface area (Å²) in [6.45, 7) is 23.7. The van der Waals surface area contributed by atoms with Crippen LogP contribution in [0, 0.1) is 74.9 Å². The number of aliphatic hydroxyl groups excluding tert-OH is 14. The van der Waals surface area contributed by atoms with Crippen molar-refractivity contribution >= 4 is 0 Å². The van der Waals surface area contributed by atoms with Gasteiger partial charge in [0.15, 0.2) is 0 Å². The van der Waals surface area contributed by atoms with Crippen LogP contribution in [0.15, 0.2) is 97.1 Å². The molecule has 132 heavy (non-hydrogen) atoms. The number of hydrogen-bond acceptors (Lipinski definition) is 20. The highest BCUT2D eigenvalue weighted by Crippen LogP contribution is 2.61. The van der Waals surface area contributed by atoms with Crippen molar-refractivity contribution in [2.45, 2.75) is 451 Å². The Labute approximate surface area is 798 Å². The summed E-state index contributed by atoms with van der Waals surface area (Å²) >= 11 is 0. The zero-order valence-corrected chi connectivity index (χ0v) is 82.1. The van der Waals surface area contributed by atoms with Crippen molar-refractivity contribution < 1.29 is 102 Å². The Morgan fingerprint density at radius 1 is 0.280 bits per heavy atom. The molecule has 4 aromatic carbocycles. The van der Waals surface area contributed by atoms with Crippen molar-refractivity contribution in [3.05, 3.63) is 130 Å². The van der Waals surface area contributed by atoms with Gasteiger partial charge in [0.1, 0.15) is 18.3 Å². The van der Waals surface area contributed by atoms with E-state index in [2.05, 4.69) is 53.2 Å². The molecule has 0 bridgehead atoms. The zero-order valence-electron chi connectivity index (χ0n) is 82.1. The van der Waals surface area contributed by atoms with E-state index in [1.165, 1.54) is 148 Å². The molecule has 0 aromatic heterocycles. The Bertz CT molecular complexity index is 3420. The quantitative estimate of drug-likeness (QED) is 0.0345. The third-order valence-corrected chi connectivity index (χ3v) is 33.9. The fraction of sp³-hybridized carbons (Fsp3) is 0.786. The van der Waals surface area contributed by atoms with Crippen LogP contribution in [0.4, 0.5) is 0 Å². The fourth-order valence-electron chi connectivity index (χ4n) is 24.9. The summed E-state index contributed by atoms with van der Waals surface area (Å²) in [5, 5.41) is 175. The highest BCUT2D eigenvalue weighted by atomic mass is 16.5. The van der Waals surface area contributed by atoms with Gasteiger partial charge in [0, 0.05) is 5.41 Å². The van der Waals surface area contributed by atoms with Crippen LogP contribution in [0.5, 0.6) is 11.5 Å². The van der Waals surface area contributed by atoms with E-state index in [1.807, 2.05) is 72.8 Å². The molecule has 20 heteroatoms. The van der Waals surface area contributed by atoms with E-state index in [-0.39, 0.29) is 112 Å². The first-order valence-electron chi connectivity index (χ1n) is 51.3. The molecule has 760 valence electrons. The predicted molar refractivity (Wildman–Crippen MR) is 531 cm³/mol. The van der Waals surface area contributed by atoms with Crippen molar-refractivity contribution in [2.24, 2.45) is 74.9 Å². The highest BCUT2D eigenvalue weighted by molar-refractivity contribution is 5.41. The second-order valence-corrected chi connectivity index (χ2v) is 44.2. The number of phenolic OH excluding ortho intramolecular Hbond substituents is 2. The van der Waals surface area contributed by atoms with Gasteiger partial charge in [-0.2, -0.15) is 0 Å². The van der Waals surface area contributed by atoms with Crippen LogP contribution in [0.3, 0.4) is 0 Å². The van der Waals surface area contributed by atoms with Gasteiger partial charge in [0.25, 0.3) is 0 Å². The van der Waals surface area contributed by atoms with Gasteiger partial charge >= 0.3 is 0 Å². The van der Waals surface area contributed by atoms with E-state index in [0.717, 1.165) is 202 Å². The van der Waals surface area contributed by atoms with Crippen molar-refractivity contribution in [1.29, 1.82) is 0 Å². The largest absolute Gasteiger partial charge is 0.508 e. The SMILES string of the molecule is C.C.CC(C)(C1CCC(O)CC1)C1CCC(C(C)(C2CCC(O)CC2)C2CCC(O)CC2)CC1.CC(C)(C1CCC(O)CC1)C1CCC(O)CC1.CC(C)(O)c1ccc(C(C)(C)O)cc1.CC(C)(c1ccc(O)cc1)c1ccc(O)cc1.OC1CCC(C2(C3CCC(O)CC3)CCCCC2)CC1.OC1CCC(O)CC1.OC1CCC(O)c2ccccc21.OCCOCCO.OCO. The maximum atomic E-state index is 10.2. The molecule has 0 spiro atoms. The number of hydrogen-bond donors (Lipinski definition) is 19. The van der Waals surface area contributed by atoms with Crippen molar-refractivity contribution in [2.75, 3.05) is 33.2 Å². The first-order chi connectivity index (χ1) is 61.5. The third kappa shape index (κ3) is 36.4. The number of aromatic hydroxyl groups is 2. The smallest absolute Gasteiger partial charge is 0.140 e. The molecule has 0 heterocycles.